The van der Waals surface area contributed by atoms with E-state index in [0.29, 0.717) is 30.3 Å². The molecule has 1 aromatic carbocycles. The summed E-state index contributed by atoms with van der Waals surface area (Å²) in [6.45, 7) is 2.72. The van der Waals surface area contributed by atoms with Gasteiger partial charge in [0.25, 0.3) is 0 Å². The van der Waals surface area contributed by atoms with Gasteiger partial charge in [-0.05, 0) is 43.5 Å². The number of benzene rings is 1. The fourth-order valence-electron chi connectivity index (χ4n) is 4.30. The zero-order valence-electron chi connectivity index (χ0n) is 17.4. The van der Waals surface area contributed by atoms with Crippen LogP contribution in [0.2, 0.25) is 0 Å². The summed E-state index contributed by atoms with van der Waals surface area (Å²) in [6.07, 6.45) is -2.82. The Bertz CT molecular complexity index is 1190. The van der Waals surface area contributed by atoms with Gasteiger partial charge >= 0.3 is 6.18 Å². The molecule has 0 bridgehead atoms. The molecule has 1 unspecified atom stereocenters. The lowest BCUT2D eigenvalue weighted by atomic mass is 9.94. The molecule has 1 fully saturated rings. The van der Waals surface area contributed by atoms with Gasteiger partial charge in [0.2, 0.25) is 12.7 Å². The van der Waals surface area contributed by atoms with Crippen LogP contribution in [0.1, 0.15) is 41.4 Å². The first-order valence-electron chi connectivity index (χ1n) is 10.4. The number of aromatic nitrogens is 3. The Morgan fingerprint density at radius 2 is 2.00 bits per heavy atom. The number of aryl methyl sites for hydroxylation is 1. The third-order valence-corrected chi connectivity index (χ3v) is 5.85. The molecule has 0 radical (unpaired) electrons. The second kappa shape index (κ2) is 7.68. The molecule has 2 aromatic heterocycles. The highest BCUT2D eigenvalue weighted by molar-refractivity contribution is 5.79. The van der Waals surface area contributed by atoms with Crippen molar-refractivity contribution < 1.29 is 27.4 Å². The van der Waals surface area contributed by atoms with Gasteiger partial charge in [-0.15, -0.1) is 0 Å². The Balaban J connectivity index is 1.34. The molecule has 168 valence electrons. The summed E-state index contributed by atoms with van der Waals surface area (Å²) in [5.41, 5.74) is 0.937. The van der Waals surface area contributed by atoms with E-state index < -0.39 is 11.9 Å². The summed E-state index contributed by atoms with van der Waals surface area (Å²) in [5.74, 6) is 1.10. The molecule has 1 amide bonds. The topological polar surface area (TPSA) is 69.0 Å². The first-order valence-corrected chi connectivity index (χ1v) is 10.4. The van der Waals surface area contributed by atoms with Crippen molar-refractivity contribution >= 4 is 11.6 Å². The van der Waals surface area contributed by atoms with Crippen LogP contribution in [0.15, 0.2) is 30.3 Å². The maximum absolute atomic E-state index is 13.4. The van der Waals surface area contributed by atoms with Gasteiger partial charge in [0, 0.05) is 30.8 Å². The smallest absolute Gasteiger partial charge is 0.433 e. The highest BCUT2D eigenvalue weighted by Crippen LogP contribution is 2.34. The number of carbonyl (C=O) groups excluding carboxylic acids is 1. The van der Waals surface area contributed by atoms with Crippen LogP contribution in [-0.4, -0.2) is 45.3 Å². The third-order valence-electron chi connectivity index (χ3n) is 5.85. The molecule has 0 saturated carbocycles. The van der Waals surface area contributed by atoms with E-state index >= 15 is 0 Å². The lowest BCUT2D eigenvalue weighted by Gasteiger charge is -2.32. The highest BCUT2D eigenvalue weighted by atomic mass is 19.4. The standard InChI is InChI=1S/C22H21F3N4O3/c1-13-7-19(22(23,24)25)29-20(26-13)10-16(27-29)15-3-2-6-28(11-15)21(30)9-14-4-5-17-18(8-14)32-12-31-17/h4-5,7-8,10,15H,2-3,6,9,11-12H2,1H3. The molecule has 2 aliphatic rings. The second-order valence-corrected chi connectivity index (χ2v) is 8.16. The monoisotopic (exact) mass is 446 g/mol. The number of likely N-dealkylation sites (tertiary alicyclic amines) is 1. The van der Waals surface area contributed by atoms with Crippen molar-refractivity contribution in [3.63, 3.8) is 0 Å². The molecule has 4 heterocycles. The first kappa shape index (κ1) is 20.6. The lowest BCUT2D eigenvalue weighted by Crippen LogP contribution is -2.40. The van der Waals surface area contributed by atoms with Crippen LogP contribution in [0.4, 0.5) is 13.2 Å². The summed E-state index contributed by atoms with van der Waals surface area (Å²) >= 11 is 0. The summed E-state index contributed by atoms with van der Waals surface area (Å²) in [5, 5.41) is 4.23. The number of piperidine rings is 1. The molecule has 0 N–H and O–H groups in total. The molecule has 2 aliphatic heterocycles. The van der Waals surface area contributed by atoms with E-state index in [1.54, 1.807) is 23.1 Å². The largest absolute Gasteiger partial charge is 0.454 e. The van der Waals surface area contributed by atoms with Crippen LogP contribution in [-0.2, 0) is 17.4 Å². The van der Waals surface area contributed by atoms with Crippen molar-refractivity contribution in [3.05, 3.63) is 53.0 Å². The minimum Gasteiger partial charge on any atom is -0.454 e. The lowest BCUT2D eigenvalue weighted by molar-refractivity contribution is -0.142. The number of ether oxygens (including phenoxy) is 2. The second-order valence-electron chi connectivity index (χ2n) is 8.16. The van der Waals surface area contributed by atoms with Crippen molar-refractivity contribution in [1.82, 2.24) is 19.5 Å². The van der Waals surface area contributed by atoms with E-state index in [1.807, 2.05) is 6.07 Å². The van der Waals surface area contributed by atoms with E-state index in [0.717, 1.165) is 29.0 Å². The Kier molecular flexibility index (Phi) is 4.94. The number of fused-ring (bicyclic) bond motifs is 2. The number of rotatable bonds is 3. The number of nitrogens with zero attached hydrogens (tertiary/aromatic N) is 4. The molecular weight excluding hydrogens is 425 g/mol. The van der Waals surface area contributed by atoms with Gasteiger partial charge in [-0.2, -0.15) is 18.3 Å². The van der Waals surface area contributed by atoms with Gasteiger partial charge in [-0.25, -0.2) is 9.50 Å². The van der Waals surface area contributed by atoms with E-state index in [2.05, 4.69) is 10.1 Å². The quantitative estimate of drug-likeness (QED) is 0.613. The van der Waals surface area contributed by atoms with Gasteiger partial charge in [0.15, 0.2) is 17.1 Å². The maximum Gasteiger partial charge on any atom is 0.433 e. The normalized spacial score (nSPS) is 18.4. The number of carbonyl (C=O) groups is 1. The van der Waals surface area contributed by atoms with E-state index in [4.69, 9.17) is 9.47 Å². The van der Waals surface area contributed by atoms with Crippen LogP contribution >= 0.6 is 0 Å². The zero-order valence-corrected chi connectivity index (χ0v) is 17.4. The van der Waals surface area contributed by atoms with Gasteiger partial charge < -0.3 is 14.4 Å². The van der Waals surface area contributed by atoms with Crippen LogP contribution < -0.4 is 9.47 Å². The van der Waals surface area contributed by atoms with Gasteiger partial charge in [-0.3, -0.25) is 4.79 Å². The molecule has 5 rings (SSSR count). The van der Waals surface area contributed by atoms with Crippen LogP contribution in [0, 0.1) is 6.92 Å². The zero-order chi connectivity index (χ0) is 22.5. The fourth-order valence-corrected chi connectivity index (χ4v) is 4.30. The summed E-state index contributed by atoms with van der Waals surface area (Å²) in [6, 6.07) is 8.01. The Labute approximate surface area is 181 Å². The van der Waals surface area contributed by atoms with Gasteiger partial charge in [0.1, 0.15) is 5.69 Å². The van der Waals surface area contributed by atoms with Crippen molar-refractivity contribution in [2.24, 2.45) is 0 Å². The number of hydrogen-bond donors (Lipinski definition) is 0. The number of hydrogen-bond acceptors (Lipinski definition) is 5. The molecule has 0 spiro atoms. The average Bonchev–Trinajstić information content (AvgIpc) is 3.39. The van der Waals surface area contributed by atoms with E-state index in [-0.39, 0.29) is 36.4 Å². The van der Waals surface area contributed by atoms with Crippen molar-refractivity contribution in [2.45, 2.75) is 38.3 Å². The summed E-state index contributed by atoms with van der Waals surface area (Å²) in [4.78, 5) is 18.9. The van der Waals surface area contributed by atoms with Crippen LogP contribution in [0.3, 0.4) is 0 Å². The Morgan fingerprint density at radius 3 is 2.81 bits per heavy atom. The van der Waals surface area contributed by atoms with E-state index in [9.17, 15) is 18.0 Å². The summed E-state index contributed by atoms with van der Waals surface area (Å²) < 4.78 is 51.9. The molecule has 1 atom stereocenters. The Hall–Kier alpha value is -3.30. The third kappa shape index (κ3) is 3.85. The molecule has 10 heteroatoms. The van der Waals surface area contributed by atoms with Crippen molar-refractivity contribution in [3.8, 4) is 11.5 Å². The van der Waals surface area contributed by atoms with Crippen molar-refractivity contribution in [2.75, 3.05) is 19.9 Å². The minimum absolute atomic E-state index is 0.0396. The minimum atomic E-state index is -4.53. The molecule has 1 saturated heterocycles. The summed E-state index contributed by atoms with van der Waals surface area (Å²) in [7, 11) is 0. The average molecular weight is 446 g/mol. The van der Waals surface area contributed by atoms with Gasteiger partial charge in [0.05, 0.1) is 12.1 Å². The number of halogens is 3. The molecule has 32 heavy (non-hydrogen) atoms. The molecule has 0 aliphatic carbocycles. The first-order chi connectivity index (χ1) is 15.3. The number of amides is 1. The molecule has 3 aromatic rings. The molecular formula is C22H21F3N4O3. The SMILES string of the molecule is Cc1cc(C(F)(F)F)n2nc(C3CCCN(C(=O)Cc4ccc5c(c4)OCO5)C3)cc2n1. The fraction of sp³-hybridized carbons (Fsp3) is 0.409. The number of alkyl halides is 3. The highest BCUT2D eigenvalue weighted by Gasteiger charge is 2.35. The van der Waals surface area contributed by atoms with Crippen molar-refractivity contribution in [1.29, 1.82) is 0 Å². The maximum atomic E-state index is 13.4. The van der Waals surface area contributed by atoms with Crippen LogP contribution in [0.5, 0.6) is 11.5 Å². The predicted octanol–water partition coefficient (Wildman–Crippen LogP) is 3.73. The Morgan fingerprint density at radius 1 is 1.19 bits per heavy atom. The van der Waals surface area contributed by atoms with Gasteiger partial charge in [-0.1, -0.05) is 6.07 Å². The van der Waals surface area contributed by atoms with E-state index in [1.165, 1.54) is 6.92 Å². The van der Waals surface area contributed by atoms with Crippen LogP contribution in [0.25, 0.3) is 5.65 Å². The molecule has 7 nitrogen and oxygen atoms in total. The predicted molar refractivity (Wildman–Crippen MR) is 108 cm³/mol.